The minimum absolute atomic E-state index is 0.0403. The molecule has 1 saturated heterocycles. The van der Waals surface area contributed by atoms with Crippen LogP contribution >= 0.6 is 11.7 Å². The van der Waals surface area contributed by atoms with Crippen molar-refractivity contribution in [3.8, 4) is 5.88 Å². The molecule has 1 aliphatic heterocycles. The van der Waals surface area contributed by atoms with E-state index in [-0.39, 0.29) is 25.5 Å². The minimum atomic E-state index is -0.806. The molecule has 1 fully saturated rings. The van der Waals surface area contributed by atoms with E-state index < -0.39 is 30.2 Å². The number of amides is 1. The maximum Gasteiger partial charge on any atom is 0.344 e. The highest BCUT2D eigenvalue weighted by molar-refractivity contribution is 6.99. The highest BCUT2D eigenvalue weighted by atomic mass is 32.1. The number of esters is 2. The molecule has 1 amide bonds. The molecule has 0 aromatic carbocycles. The normalized spacial score (nSPS) is 14.1. The van der Waals surface area contributed by atoms with Gasteiger partial charge in [0.2, 0.25) is 11.7 Å². The number of anilines is 1. The predicted octanol–water partition coefficient (Wildman–Crippen LogP) is 7.12. The van der Waals surface area contributed by atoms with Crippen LogP contribution in [0.5, 0.6) is 5.88 Å². The summed E-state index contributed by atoms with van der Waals surface area (Å²) in [6.45, 7) is 11.6. The molecule has 0 radical (unpaired) electrons. The molecule has 2 rings (SSSR count). The van der Waals surface area contributed by atoms with Gasteiger partial charge in [0.1, 0.15) is 6.61 Å². The van der Waals surface area contributed by atoms with Crippen molar-refractivity contribution < 1.29 is 33.3 Å². The number of carbonyl (C=O) groups is 3. The maximum absolute atomic E-state index is 12.7. The Labute approximate surface area is 287 Å². The van der Waals surface area contributed by atoms with Crippen molar-refractivity contribution in [1.29, 1.82) is 0 Å². The highest BCUT2D eigenvalue weighted by Crippen LogP contribution is 2.27. The van der Waals surface area contributed by atoms with Crippen LogP contribution in [0.25, 0.3) is 0 Å². The van der Waals surface area contributed by atoms with E-state index in [9.17, 15) is 14.4 Å². The van der Waals surface area contributed by atoms with Gasteiger partial charge in [-0.25, -0.2) is 4.79 Å². The van der Waals surface area contributed by atoms with Crippen molar-refractivity contribution in [2.75, 3.05) is 51.0 Å². The van der Waals surface area contributed by atoms with Crippen molar-refractivity contribution in [3.05, 3.63) is 0 Å². The van der Waals surface area contributed by atoms with Gasteiger partial charge in [-0.2, -0.15) is 4.37 Å². The topological polar surface area (TPSA) is 120 Å². The number of carbonyl (C=O) groups excluding carboxylic acids is 3. The summed E-state index contributed by atoms with van der Waals surface area (Å²) in [6, 6.07) is 0. The Morgan fingerprint density at radius 2 is 1.40 bits per heavy atom. The highest BCUT2D eigenvalue weighted by Gasteiger charge is 2.30. The van der Waals surface area contributed by atoms with Gasteiger partial charge in [0, 0.05) is 32.0 Å². The van der Waals surface area contributed by atoms with Crippen molar-refractivity contribution >= 4 is 35.4 Å². The first-order valence-corrected chi connectivity index (χ1v) is 18.8. The second-order valence-electron chi connectivity index (χ2n) is 13.6. The van der Waals surface area contributed by atoms with Crippen LogP contribution in [0.15, 0.2) is 0 Å². The van der Waals surface area contributed by atoms with E-state index in [1.54, 1.807) is 4.90 Å². The second kappa shape index (κ2) is 23.8. The molecular formula is C35H62N4O7S. The number of unbranched alkanes of at least 4 members (excludes halogenated alkanes) is 14. The summed E-state index contributed by atoms with van der Waals surface area (Å²) in [4.78, 5) is 41.1. The third-order valence-electron chi connectivity index (χ3n) is 8.37. The SMILES string of the molecule is CCCCCCCCCCCCCCCCCC(=O)OCC(=O)O[C@H](COc1nsnc1N1CCOCC1)CN(C(C)=O)C(C)(C)C. The summed E-state index contributed by atoms with van der Waals surface area (Å²) < 4.78 is 31.0. The van der Waals surface area contributed by atoms with Crippen LogP contribution in [0, 0.1) is 0 Å². The monoisotopic (exact) mass is 682 g/mol. The first-order valence-electron chi connectivity index (χ1n) is 18.0. The third kappa shape index (κ3) is 18.0. The molecule has 0 bridgehead atoms. The lowest BCUT2D eigenvalue weighted by molar-refractivity contribution is -0.165. The summed E-state index contributed by atoms with van der Waals surface area (Å²) in [7, 11) is 0. The quantitative estimate of drug-likeness (QED) is 0.0779. The number of ether oxygens (including phenoxy) is 4. The van der Waals surface area contributed by atoms with Crippen molar-refractivity contribution in [2.45, 2.75) is 149 Å². The van der Waals surface area contributed by atoms with E-state index in [1.165, 1.54) is 84.0 Å². The molecule has 0 N–H and O–H groups in total. The number of hydrogen-bond donors (Lipinski definition) is 0. The van der Waals surface area contributed by atoms with E-state index in [4.69, 9.17) is 18.9 Å². The van der Waals surface area contributed by atoms with Crippen LogP contribution in [0.3, 0.4) is 0 Å². The van der Waals surface area contributed by atoms with Crippen molar-refractivity contribution in [1.82, 2.24) is 13.6 Å². The average Bonchev–Trinajstić information content (AvgIpc) is 3.51. The Bertz CT molecular complexity index is 1010. The van der Waals surface area contributed by atoms with Gasteiger partial charge in [-0.15, -0.1) is 4.37 Å². The predicted molar refractivity (Wildman–Crippen MR) is 186 cm³/mol. The molecule has 270 valence electrons. The van der Waals surface area contributed by atoms with Gasteiger partial charge in [0.25, 0.3) is 5.88 Å². The van der Waals surface area contributed by atoms with E-state index in [0.717, 1.165) is 31.0 Å². The number of morpholine rings is 1. The summed E-state index contributed by atoms with van der Waals surface area (Å²) in [6.07, 6.45) is 18.3. The van der Waals surface area contributed by atoms with Crippen LogP contribution in [-0.4, -0.2) is 89.2 Å². The molecule has 1 aromatic rings. The van der Waals surface area contributed by atoms with E-state index in [0.29, 0.717) is 38.0 Å². The lowest BCUT2D eigenvalue weighted by atomic mass is 10.0. The fourth-order valence-electron chi connectivity index (χ4n) is 5.68. The molecule has 1 aliphatic rings. The Morgan fingerprint density at radius 1 is 0.851 bits per heavy atom. The summed E-state index contributed by atoms with van der Waals surface area (Å²) in [5, 5.41) is 0. The van der Waals surface area contributed by atoms with Crippen LogP contribution < -0.4 is 9.64 Å². The molecular weight excluding hydrogens is 620 g/mol. The Morgan fingerprint density at radius 3 is 1.94 bits per heavy atom. The number of nitrogens with zero attached hydrogens (tertiary/aromatic N) is 4. The van der Waals surface area contributed by atoms with Crippen LogP contribution in [-0.2, 0) is 28.6 Å². The van der Waals surface area contributed by atoms with Gasteiger partial charge in [0.05, 0.1) is 31.5 Å². The van der Waals surface area contributed by atoms with Crippen molar-refractivity contribution in [2.24, 2.45) is 0 Å². The van der Waals surface area contributed by atoms with Gasteiger partial charge in [-0.1, -0.05) is 96.8 Å². The Balaban J connectivity index is 1.67. The molecule has 0 spiro atoms. The zero-order valence-corrected chi connectivity index (χ0v) is 30.7. The van der Waals surface area contributed by atoms with Gasteiger partial charge in [-0.05, 0) is 27.2 Å². The van der Waals surface area contributed by atoms with Crippen LogP contribution in [0.2, 0.25) is 0 Å². The van der Waals surface area contributed by atoms with E-state index in [2.05, 4.69) is 15.7 Å². The Hall–Kier alpha value is -2.47. The molecule has 0 unspecified atom stereocenters. The number of hydrogen-bond acceptors (Lipinski definition) is 11. The van der Waals surface area contributed by atoms with Gasteiger partial charge in [-0.3, -0.25) is 9.59 Å². The van der Waals surface area contributed by atoms with Crippen LogP contribution in [0.4, 0.5) is 5.82 Å². The van der Waals surface area contributed by atoms with Crippen molar-refractivity contribution in [3.63, 3.8) is 0 Å². The fraction of sp³-hybridized carbons (Fsp3) is 0.857. The standard InChI is InChI=1S/C35H62N4O7S/c1-6-7-8-9-10-11-12-13-14-15-16-17-18-19-20-21-31(41)44-28-32(42)46-30(26-39(29(2)40)35(3,4)5)27-45-34-33(36-47-37-34)38-22-24-43-25-23-38/h30H,6-28H2,1-5H3/t30-/m0/s1. The van der Waals surface area contributed by atoms with E-state index in [1.807, 2.05) is 25.7 Å². The molecule has 0 aliphatic carbocycles. The second-order valence-corrected chi connectivity index (χ2v) is 14.1. The maximum atomic E-state index is 12.7. The Kier molecular flexibility index (Phi) is 20.6. The first-order chi connectivity index (χ1) is 22.6. The first kappa shape index (κ1) is 40.7. The van der Waals surface area contributed by atoms with Crippen LogP contribution in [0.1, 0.15) is 137 Å². The summed E-state index contributed by atoms with van der Waals surface area (Å²) >= 11 is 1.04. The smallest absolute Gasteiger partial charge is 0.344 e. The summed E-state index contributed by atoms with van der Waals surface area (Å²) in [5.74, 6) is -0.287. The van der Waals surface area contributed by atoms with E-state index >= 15 is 0 Å². The third-order valence-corrected chi connectivity index (χ3v) is 8.87. The van der Waals surface area contributed by atoms with Gasteiger partial charge >= 0.3 is 11.9 Å². The fourth-order valence-corrected chi connectivity index (χ4v) is 6.20. The minimum Gasteiger partial charge on any atom is -0.470 e. The molecule has 1 aromatic heterocycles. The lowest BCUT2D eigenvalue weighted by Gasteiger charge is -2.37. The molecule has 47 heavy (non-hydrogen) atoms. The largest absolute Gasteiger partial charge is 0.470 e. The van der Waals surface area contributed by atoms with Gasteiger partial charge in [0.15, 0.2) is 12.7 Å². The molecule has 1 atom stereocenters. The number of aromatic nitrogens is 2. The molecule has 11 nitrogen and oxygen atoms in total. The molecule has 2 heterocycles. The summed E-state index contributed by atoms with van der Waals surface area (Å²) in [5.41, 5.74) is -0.503. The average molecular weight is 683 g/mol. The number of rotatable bonds is 25. The zero-order valence-electron chi connectivity index (χ0n) is 29.9. The van der Waals surface area contributed by atoms with Gasteiger partial charge < -0.3 is 28.7 Å². The lowest BCUT2D eigenvalue weighted by Crippen LogP contribution is -2.50. The molecule has 12 heteroatoms. The zero-order chi connectivity index (χ0) is 34.3. The molecule has 0 saturated carbocycles.